The topological polar surface area (TPSA) is 20.2 Å². The smallest absolute Gasteiger partial charge is 0.126 e. The summed E-state index contributed by atoms with van der Waals surface area (Å²) >= 11 is 0. The van der Waals surface area contributed by atoms with Gasteiger partial charge in [0.25, 0.3) is 0 Å². The number of aromatic hydroxyl groups is 1. The van der Waals surface area contributed by atoms with Crippen molar-refractivity contribution < 1.29 is 5.11 Å². The lowest BCUT2D eigenvalue weighted by Crippen LogP contribution is -2.17. The zero-order valence-electron chi connectivity index (χ0n) is 19.2. The number of phenolic OH excluding ortho intramolecular Hbond substituents is 1. The van der Waals surface area contributed by atoms with E-state index in [1.54, 1.807) is 6.08 Å². The summed E-state index contributed by atoms with van der Waals surface area (Å²) in [5, 5.41) is 10.2. The molecule has 1 nitrogen and oxygen atoms in total. The van der Waals surface area contributed by atoms with Crippen LogP contribution in [0.4, 0.5) is 0 Å². The molecule has 1 heteroatoms. The van der Waals surface area contributed by atoms with Crippen LogP contribution >= 0.6 is 0 Å². The Morgan fingerprint density at radius 1 is 0.815 bits per heavy atom. The van der Waals surface area contributed by atoms with Crippen molar-refractivity contribution in [2.45, 2.75) is 80.1 Å². The van der Waals surface area contributed by atoms with E-state index in [4.69, 9.17) is 0 Å². The summed E-state index contributed by atoms with van der Waals surface area (Å²) in [6, 6.07) is 12.5. The Balaban J connectivity index is 0.000000562. The van der Waals surface area contributed by atoms with Crippen LogP contribution in [0.1, 0.15) is 83.2 Å². The molecular formula is C26H40O. The first-order chi connectivity index (χ1) is 12.4. The Morgan fingerprint density at radius 3 is 1.56 bits per heavy atom. The minimum atomic E-state index is -0.0664. The number of benzene rings is 2. The summed E-state index contributed by atoms with van der Waals surface area (Å²) in [7, 11) is 0. The van der Waals surface area contributed by atoms with E-state index in [1.165, 1.54) is 16.7 Å². The van der Waals surface area contributed by atoms with E-state index in [0.717, 1.165) is 11.1 Å². The third-order valence-corrected chi connectivity index (χ3v) is 4.46. The number of hydrogen-bond donors (Lipinski definition) is 1. The highest BCUT2D eigenvalue weighted by atomic mass is 16.3. The zero-order valence-corrected chi connectivity index (χ0v) is 19.2. The van der Waals surface area contributed by atoms with Crippen molar-refractivity contribution in [1.82, 2.24) is 0 Å². The van der Waals surface area contributed by atoms with Crippen LogP contribution in [0.5, 0.6) is 5.75 Å². The molecule has 0 saturated carbocycles. The molecule has 0 radical (unpaired) electrons. The highest BCUT2D eigenvalue weighted by Crippen LogP contribution is 2.37. The van der Waals surface area contributed by atoms with Crippen LogP contribution in [0.15, 0.2) is 43.0 Å². The summed E-state index contributed by atoms with van der Waals surface area (Å²) in [4.78, 5) is 0. The van der Waals surface area contributed by atoms with E-state index in [9.17, 15) is 5.11 Å². The fraction of sp³-hybridized carbons (Fsp3) is 0.462. The fourth-order valence-electron chi connectivity index (χ4n) is 2.48. The third kappa shape index (κ3) is 7.62. The molecule has 27 heavy (non-hydrogen) atoms. The van der Waals surface area contributed by atoms with Crippen LogP contribution in [0, 0.1) is 13.8 Å². The number of phenols is 1. The van der Waals surface area contributed by atoms with Gasteiger partial charge in [0.1, 0.15) is 5.75 Å². The molecule has 0 aliphatic rings. The minimum absolute atomic E-state index is 0.0664. The third-order valence-electron chi connectivity index (χ3n) is 4.46. The van der Waals surface area contributed by atoms with Gasteiger partial charge >= 0.3 is 0 Å². The van der Waals surface area contributed by atoms with Crippen LogP contribution in [0.2, 0.25) is 0 Å². The predicted octanol–water partition coefficient (Wildman–Crippen LogP) is 7.96. The van der Waals surface area contributed by atoms with Crippen molar-refractivity contribution in [3.05, 3.63) is 70.8 Å². The maximum Gasteiger partial charge on any atom is 0.126 e. The lowest BCUT2D eigenvalue weighted by Gasteiger charge is -2.27. The second-order valence-corrected chi connectivity index (χ2v) is 8.75. The maximum absolute atomic E-state index is 10.2. The Kier molecular flexibility index (Phi) is 9.57. The molecule has 0 bridgehead atoms. The molecule has 0 atom stereocenters. The van der Waals surface area contributed by atoms with Crippen LogP contribution in [-0.4, -0.2) is 5.11 Å². The molecule has 150 valence electrons. The first kappa shape index (κ1) is 25.0. The summed E-state index contributed by atoms with van der Waals surface area (Å²) < 4.78 is 0. The van der Waals surface area contributed by atoms with Crippen molar-refractivity contribution in [2.75, 3.05) is 0 Å². The number of rotatable bonds is 1. The van der Waals surface area contributed by atoms with Crippen molar-refractivity contribution in [1.29, 1.82) is 0 Å². The summed E-state index contributed by atoms with van der Waals surface area (Å²) in [5.74, 6) is 0.362. The Hall–Kier alpha value is -2.02. The Morgan fingerprint density at radius 2 is 1.26 bits per heavy atom. The second kappa shape index (κ2) is 10.3. The highest BCUT2D eigenvalue weighted by molar-refractivity contribution is 5.61. The molecule has 1 N–H and O–H groups in total. The van der Waals surface area contributed by atoms with Gasteiger partial charge in [0.2, 0.25) is 0 Å². The quantitative estimate of drug-likeness (QED) is 0.541. The van der Waals surface area contributed by atoms with Crippen LogP contribution in [-0.2, 0) is 10.8 Å². The minimum Gasteiger partial charge on any atom is -0.507 e. The van der Waals surface area contributed by atoms with Gasteiger partial charge in [0, 0.05) is 11.1 Å². The molecule has 2 aromatic carbocycles. The molecule has 2 aromatic rings. The molecule has 0 spiro atoms. The van der Waals surface area contributed by atoms with E-state index < -0.39 is 0 Å². The lowest BCUT2D eigenvalue weighted by molar-refractivity contribution is 0.443. The van der Waals surface area contributed by atoms with Crippen LogP contribution in [0.3, 0.4) is 0 Å². The standard InChI is InChI=1S/C16H24O.C8H10.C2H6/c1-8-11-9-12(15(2,3)4)10-13(14(11)17)16(5,6)7;1-7-5-3-4-6-8(7)2;1-2/h8-10,17H,1H2,2-7H3;3-6H,1-2H3;1-2H3. The highest BCUT2D eigenvalue weighted by Gasteiger charge is 2.23. The van der Waals surface area contributed by atoms with E-state index in [2.05, 4.69) is 92.3 Å². The molecule has 0 fully saturated rings. The first-order valence-electron chi connectivity index (χ1n) is 9.90. The molecule has 0 aliphatic carbocycles. The van der Waals surface area contributed by atoms with Gasteiger partial charge in [-0.25, -0.2) is 0 Å². The van der Waals surface area contributed by atoms with Crippen molar-refractivity contribution in [3.8, 4) is 5.75 Å². The SMILES string of the molecule is C=Cc1cc(C(C)(C)C)cc(C(C)(C)C)c1O.CC.Cc1ccccc1C. The van der Waals surface area contributed by atoms with Gasteiger partial charge in [-0.3, -0.25) is 0 Å². The monoisotopic (exact) mass is 368 g/mol. The van der Waals surface area contributed by atoms with Gasteiger partial charge in [-0.15, -0.1) is 0 Å². The van der Waals surface area contributed by atoms with Gasteiger partial charge in [0.05, 0.1) is 0 Å². The predicted molar refractivity (Wildman–Crippen MR) is 123 cm³/mol. The molecule has 0 saturated heterocycles. The molecule has 0 aliphatic heterocycles. The normalized spacial score (nSPS) is 10.9. The maximum atomic E-state index is 10.2. The summed E-state index contributed by atoms with van der Waals surface area (Å²) in [6.45, 7) is 24.9. The van der Waals surface area contributed by atoms with Gasteiger partial charge in [-0.1, -0.05) is 98.4 Å². The molecule has 0 amide bonds. The molecule has 2 rings (SSSR count). The molecule has 0 aromatic heterocycles. The van der Waals surface area contributed by atoms with Gasteiger partial charge in [-0.2, -0.15) is 0 Å². The molecular weight excluding hydrogens is 328 g/mol. The molecule has 0 heterocycles. The van der Waals surface area contributed by atoms with E-state index >= 15 is 0 Å². The average molecular weight is 369 g/mol. The van der Waals surface area contributed by atoms with Crippen molar-refractivity contribution >= 4 is 6.08 Å². The average Bonchev–Trinajstić information content (AvgIpc) is 2.58. The first-order valence-corrected chi connectivity index (χ1v) is 9.90. The van der Waals surface area contributed by atoms with Gasteiger partial charge in [-0.05, 0) is 47.4 Å². The van der Waals surface area contributed by atoms with Crippen molar-refractivity contribution in [2.24, 2.45) is 0 Å². The van der Waals surface area contributed by atoms with Crippen molar-refractivity contribution in [3.63, 3.8) is 0 Å². The molecule has 0 unspecified atom stereocenters. The van der Waals surface area contributed by atoms with E-state index in [1.807, 2.05) is 19.9 Å². The summed E-state index contributed by atoms with van der Waals surface area (Å²) in [5.41, 5.74) is 5.78. The van der Waals surface area contributed by atoms with Gasteiger partial charge < -0.3 is 5.11 Å². The van der Waals surface area contributed by atoms with E-state index in [-0.39, 0.29) is 10.8 Å². The van der Waals surface area contributed by atoms with Crippen LogP contribution in [0.25, 0.3) is 6.08 Å². The number of aryl methyl sites for hydroxylation is 2. The Labute approximate surface area is 168 Å². The van der Waals surface area contributed by atoms with E-state index in [0.29, 0.717) is 5.75 Å². The van der Waals surface area contributed by atoms with Crippen LogP contribution < -0.4 is 0 Å². The Bertz CT molecular complexity index is 704. The largest absolute Gasteiger partial charge is 0.507 e. The lowest BCUT2D eigenvalue weighted by atomic mass is 9.79. The fourth-order valence-corrected chi connectivity index (χ4v) is 2.48. The number of hydrogen-bond acceptors (Lipinski definition) is 1. The second-order valence-electron chi connectivity index (χ2n) is 8.75. The van der Waals surface area contributed by atoms with Gasteiger partial charge in [0.15, 0.2) is 0 Å². The summed E-state index contributed by atoms with van der Waals surface area (Å²) in [6.07, 6.45) is 1.72. The zero-order chi connectivity index (χ0) is 21.4.